The van der Waals surface area contributed by atoms with Crippen molar-refractivity contribution in [1.29, 1.82) is 0 Å². The van der Waals surface area contributed by atoms with Crippen LogP contribution in [0.4, 0.5) is 13.2 Å². The number of hydrogen-bond acceptors (Lipinski definition) is 3. The Morgan fingerprint density at radius 2 is 1.49 bits per heavy atom. The molecule has 0 saturated carbocycles. The summed E-state index contributed by atoms with van der Waals surface area (Å²) in [7, 11) is 0. The number of aromatic nitrogens is 2. The summed E-state index contributed by atoms with van der Waals surface area (Å²) in [6, 6.07) is 15.1. The molecule has 7 nitrogen and oxygen atoms in total. The van der Waals surface area contributed by atoms with Gasteiger partial charge in [-0.25, -0.2) is 17.9 Å². The van der Waals surface area contributed by atoms with E-state index in [9.17, 15) is 32.7 Å². The van der Waals surface area contributed by atoms with Crippen LogP contribution in [0.2, 0.25) is 0 Å². The first-order valence-electron chi connectivity index (χ1n) is 10.4. The highest BCUT2D eigenvalue weighted by atomic mass is 19.1. The first-order chi connectivity index (χ1) is 16.7. The molecular formula is C25H18F3N3O4. The molecule has 1 unspecified atom stereocenters. The highest BCUT2D eigenvalue weighted by molar-refractivity contribution is 5.92. The van der Waals surface area contributed by atoms with E-state index in [0.29, 0.717) is 11.6 Å². The number of carboxylic acid groups (broad SMARTS) is 1. The van der Waals surface area contributed by atoms with Gasteiger partial charge in [-0.05, 0) is 41.0 Å². The quantitative estimate of drug-likeness (QED) is 0.368. The maximum atomic E-state index is 14.1. The number of aromatic amines is 1. The number of carbonyl (C=O) groups excluding carboxylic acids is 1. The van der Waals surface area contributed by atoms with Crippen LogP contribution in [0, 0.1) is 17.5 Å². The van der Waals surface area contributed by atoms with Crippen LogP contribution in [0.15, 0.2) is 77.6 Å². The van der Waals surface area contributed by atoms with Crippen molar-refractivity contribution in [3.8, 4) is 16.8 Å². The zero-order valence-corrected chi connectivity index (χ0v) is 18.0. The van der Waals surface area contributed by atoms with Crippen molar-refractivity contribution in [1.82, 2.24) is 15.1 Å². The number of rotatable bonds is 7. The predicted octanol–water partition coefficient (Wildman–Crippen LogP) is 4.20. The molecule has 3 aromatic carbocycles. The van der Waals surface area contributed by atoms with Crippen LogP contribution in [0.25, 0.3) is 16.8 Å². The molecule has 4 rings (SSSR count). The third-order valence-electron chi connectivity index (χ3n) is 5.29. The minimum Gasteiger partial charge on any atom is -0.481 e. The van der Waals surface area contributed by atoms with Gasteiger partial charge in [0.1, 0.15) is 23.0 Å². The smallest absolute Gasteiger partial charge is 0.305 e. The van der Waals surface area contributed by atoms with Gasteiger partial charge >= 0.3 is 5.97 Å². The summed E-state index contributed by atoms with van der Waals surface area (Å²) in [6.45, 7) is 0. The number of amides is 1. The van der Waals surface area contributed by atoms with Crippen molar-refractivity contribution in [2.75, 3.05) is 0 Å². The summed E-state index contributed by atoms with van der Waals surface area (Å²) in [5, 5.41) is 14.3. The maximum absolute atomic E-state index is 14.1. The lowest BCUT2D eigenvalue weighted by molar-refractivity contribution is -0.137. The minimum atomic E-state index is -1.17. The van der Waals surface area contributed by atoms with Crippen LogP contribution >= 0.6 is 0 Å². The number of carbonyl (C=O) groups is 2. The fourth-order valence-electron chi connectivity index (χ4n) is 3.57. The van der Waals surface area contributed by atoms with Crippen LogP contribution in [0.1, 0.15) is 28.5 Å². The number of hydrogen-bond donors (Lipinski definition) is 3. The van der Waals surface area contributed by atoms with Crippen molar-refractivity contribution in [2.45, 2.75) is 12.5 Å². The Morgan fingerprint density at radius 3 is 2.09 bits per heavy atom. The summed E-state index contributed by atoms with van der Waals surface area (Å²) in [5.74, 6) is -4.17. The lowest BCUT2D eigenvalue weighted by Gasteiger charge is -2.17. The lowest BCUT2D eigenvalue weighted by atomic mass is 9.99. The summed E-state index contributed by atoms with van der Waals surface area (Å²) in [5.41, 5.74) is 0.712. The Bertz CT molecular complexity index is 1440. The van der Waals surface area contributed by atoms with Gasteiger partial charge in [-0.3, -0.25) is 19.5 Å². The molecule has 1 heterocycles. The zero-order chi connectivity index (χ0) is 25.1. The van der Waals surface area contributed by atoms with Crippen molar-refractivity contribution in [3.05, 3.63) is 112 Å². The number of nitrogens with one attached hydrogen (secondary N) is 2. The van der Waals surface area contributed by atoms with E-state index in [-0.39, 0.29) is 17.2 Å². The molecule has 0 aliphatic rings. The standard InChI is InChI=1S/C25H18F3N3O4/c26-17-7-5-15(6-8-17)14-1-3-16(4-2-14)20(13-24(33)34)29-25(35)21-12-23(32)31(30-21)22-10-9-18(27)11-19(22)28/h1-12,20,30H,13H2,(H,29,35)(H,33,34). The fraction of sp³-hybridized carbons (Fsp3) is 0.0800. The second kappa shape index (κ2) is 9.72. The molecule has 1 amide bonds. The first-order valence-corrected chi connectivity index (χ1v) is 10.4. The van der Waals surface area contributed by atoms with Crippen molar-refractivity contribution in [3.63, 3.8) is 0 Å². The molecule has 1 aromatic heterocycles. The summed E-state index contributed by atoms with van der Waals surface area (Å²) in [4.78, 5) is 36.5. The molecule has 10 heteroatoms. The minimum absolute atomic E-state index is 0.239. The summed E-state index contributed by atoms with van der Waals surface area (Å²) >= 11 is 0. The molecule has 0 bridgehead atoms. The maximum Gasteiger partial charge on any atom is 0.305 e. The molecule has 35 heavy (non-hydrogen) atoms. The fourth-order valence-corrected chi connectivity index (χ4v) is 3.57. The zero-order valence-electron chi connectivity index (χ0n) is 18.0. The van der Waals surface area contributed by atoms with Crippen LogP contribution in [0.5, 0.6) is 0 Å². The third kappa shape index (κ3) is 5.32. The Kier molecular flexibility index (Phi) is 6.54. The van der Waals surface area contributed by atoms with Crippen molar-refractivity contribution >= 4 is 11.9 Å². The van der Waals surface area contributed by atoms with Crippen molar-refractivity contribution in [2.24, 2.45) is 0 Å². The van der Waals surface area contributed by atoms with Crippen LogP contribution in [-0.4, -0.2) is 26.8 Å². The summed E-state index contributed by atoms with van der Waals surface area (Å²) in [6.07, 6.45) is -0.445. The number of carboxylic acids is 1. The van der Waals surface area contributed by atoms with Crippen LogP contribution in [0.3, 0.4) is 0 Å². The second-order valence-corrected chi connectivity index (χ2v) is 7.69. The van der Waals surface area contributed by atoms with Crippen LogP contribution in [-0.2, 0) is 4.79 Å². The molecule has 0 saturated heterocycles. The molecule has 0 aliphatic carbocycles. The van der Waals surface area contributed by atoms with E-state index in [0.717, 1.165) is 34.0 Å². The monoisotopic (exact) mass is 481 g/mol. The normalized spacial score (nSPS) is 11.7. The van der Waals surface area contributed by atoms with Gasteiger partial charge < -0.3 is 10.4 Å². The molecule has 0 radical (unpaired) electrons. The SMILES string of the molecule is O=C(O)CC(NC(=O)c1cc(=O)n(-c2ccc(F)cc2F)[nH]1)c1ccc(-c2ccc(F)cc2)cc1. The van der Waals surface area contributed by atoms with E-state index in [2.05, 4.69) is 10.4 Å². The average Bonchev–Trinajstić information content (AvgIpc) is 3.20. The largest absolute Gasteiger partial charge is 0.481 e. The van der Waals surface area contributed by atoms with Gasteiger partial charge in [-0.15, -0.1) is 0 Å². The summed E-state index contributed by atoms with van der Waals surface area (Å²) < 4.78 is 41.2. The molecule has 0 aliphatic heterocycles. The number of benzene rings is 3. The van der Waals surface area contributed by atoms with Crippen LogP contribution < -0.4 is 10.9 Å². The molecule has 0 fully saturated rings. The third-order valence-corrected chi connectivity index (χ3v) is 5.29. The Balaban J connectivity index is 1.57. The molecule has 3 N–H and O–H groups in total. The van der Waals surface area contributed by atoms with Gasteiger partial charge in [-0.1, -0.05) is 36.4 Å². The molecule has 1 atom stereocenters. The van der Waals surface area contributed by atoms with E-state index >= 15 is 0 Å². The average molecular weight is 481 g/mol. The Labute approximate surface area is 196 Å². The van der Waals surface area contributed by atoms with E-state index < -0.39 is 41.5 Å². The number of aliphatic carboxylic acids is 1. The number of halogens is 3. The molecule has 4 aromatic rings. The van der Waals surface area contributed by atoms with Gasteiger partial charge in [0.2, 0.25) is 0 Å². The van der Waals surface area contributed by atoms with E-state index in [4.69, 9.17) is 0 Å². The molecular weight excluding hydrogens is 463 g/mol. The van der Waals surface area contributed by atoms with Gasteiger partial charge in [-0.2, -0.15) is 0 Å². The predicted molar refractivity (Wildman–Crippen MR) is 121 cm³/mol. The Morgan fingerprint density at radius 1 is 0.886 bits per heavy atom. The highest BCUT2D eigenvalue weighted by Crippen LogP contribution is 2.24. The van der Waals surface area contributed by atoms with Gasteiger partial charge in [0.05, 0.1) is 12.5 Å². The second-order valence-electron chi connectivity index (χ2n) is 7.69. The Hall–Kier alpha value is -4.60. The van der Waals surface area contributed by atoms with E-state index in [1.54, 1.807) is 36.4 Å². The molecule has 0 spiro atoms. The van der Waals surface area contributed by atoms with Gasteiger partial charge in [0, 0.05) is 12.1 Å². The number of H-pyrrole nitrogens is 1. The lowest BCUT2D eigenvalue weighted by Crippen LogP contribution is -2.30. The highest BCUT2D eigenvalue weighted by Gasteiger charge is 2.21. The molecule has 178 valence electrons. The number of nitrogens with zero attached hydrogens (tertiary/aromatic N) is 1. The van der Waals surface area contributed by atoms with E-state index in [1.807, 2.05) is 0 Å². The van der Waals surface area contributed by atoms with Gasteiger partial charge in [0.25, 0.3) is 11.5 Å². The first kappa shape index (κ1) is 23.6. The van der Waals surface area contributed by atoms with E-state index in [1.165, 1.54) is 12.1 Å². The topological polar surface area (TPSA) is 104 Å². The van der Waals surface area contributed by atoms with Crippen molar-refractivity contribution < 1.29 is 27.9 Å². The van der Waals surface area contributed by atoms with Gasteiger partial charge in [0.15, 0.2) is 5.82 Å².